The predicted octanol–water partition coefficient (Wildman–Crippen LogP) is 2.55. The van der Waals surface area contributed by atoms with Gasteiger partial charge < -0.3 is 13.8 Å². The molecular weight excluding hydrogens is 426 g/mol. The van der Waals surface area contributed by atoms with E-state index in [0.29, 0.717) is 36.9 Å². The first-order valence-electron chi connectivity index (χ1n) is 10.9. The van der Waals surface area contributed by atoms with Gasteiger partial charge in [-0.15, -0.1) is 0 Å². The zero-order valence-corrected chi connectivity index (χ0v) is 18.3. The van der Waals surface area contributed by atoms with Crippen LogP contribution in [0.15, 0.2) is 48.9 Å². The molecule has 1 amide bonds. The highest BCUT2D eigenvalue weighted by atomic mass is 16.5. The number of carbonyl (C=O) groups is 1. The highest BCUT2D eigenvalue weighted by molar-refractivity contribution is 6.06. The lowest BCUT2D eigenvalue weighted by atomic mass is 9.96. The number of para-hydroxylation sites is 1. The molecule has 1 aliphatic heterocycles. The number of amides is 1. The van der Waals surface area contributed by atoms with E-state index in [1.807, 2.05) is 6.92 Å². The number of benzene rings is 1. The van der Waals surface area contributed by atoms with Crippen molar-refractivity contribution >= 4 is 17.0 Å². The smallest absolute Gasteiger partial charge is 0.335 e. The van der Waals surface area contributed by atoms with Crippen molar-refractivity contribution in [3.63, 3.8) is 0 Å². The first-order chi connectivity index (χ1) is 16.0. The summed E-state index contributed by atoms with van der Waals surface area (Å²) in [6.45, 7) is 4.50. The van der Waals surface area contributed by atoms with Crippen LogP contribution in [0, 0.1) is 6.92 Å². The molecule has 1 saturated heterocycles. The molecule has 1 aromatic carbocycles. The van der Waals surface area contributed by atoms with E-state index in [9.17, 15) is 14.4 Å². The molecule has 0 radical (unpaired) electrons. The van der Waals surface area contributed by atoms with E-state index in [1.165, 1.54) is 0 Å². The number of carbonyl (C=O) groups excluding carboxylic acids is 1. The van der Waals surface area contributed by atoms with Crippen LogP contribution in [-0.2, 0) is 6.42 Å². The molecule has 4 aromatic rings. The van der Waals surface area contributed by atoms with E-state index in [4.69, 9.17) is 8.94 Å². The number of likely N-dealkylation sites (tertiary alicyclic amines) is 1. The Labute approximate surface area is 187 Å². The molecule has 0 bridgehead atoms. The summed E-state index contributed by atoms with van der Waals surface area (Å²) in [6.07, 6.45) is 2.26. The van der Waals surface area contributed by atoms with Crippen LogP contribution in [0.4, 0.5) is 0 Å². The quantitative estimate of drug-likeness (QED) is 0.507. The van der Waals surface area contributed by atoms with Gasteiger partial charge >= 0.3 is 5.69 Å². The third kappa shape index (κ3) is 3.57. The van der Waals surface area contributed by atoms with E-state index in [0.717, 1.165) is 17.4 Å². The van der Waals surface area contributed by atoms with Gasteiger partial charge in [-0.05, 0) is 31.9 Å². The van der Waals surface area contributed by atoms with Gasteiger partial charge in [0.2, 0.25) is 11.6 Å². The lowest BCUT2D eigenvalue weighted by Gasteiger charge is -2.31. The van der Waals surface area contributed by atoms with Crippen LogP contribution in [0.5, 0.6) is 0 Å². The monoisotopic (exact) mass is 449 g/mol. The fraction of sp³-hybridized carbons (Fsp3) is 0.348. The Hall–Kier alpha value is -3.95. The molecule has 10 heteroatoms. The summed E-state index contributed by atoms with van der Waals surface area (Å²) < 4.78 is 11.9. The largest absolute Gasteiger partial charge is 0.444 e. The van der Waals surface area contributed by atoms with Gasteiger partial charge in [-0.25, -0.2) is 9.36 Å². The molecule has 1 atom stereocenters. The molecule has 5 rings (SSSR count). The predicted molar refractivity (Wildman–Crippen MR) is 119 cm³/mol. The molecule has 1 fully saturated rings. The maximum atomic E-state index is 13.6. The van der Waals surface area contributed by atoms with Crippen LogP contribution in [0.25, 0.3) is 16.8 Å². The van der Waals surface area contributed by atoms with Gasteiger partial charge in [0.15, 0.2) is 5.82 Å². The third-order valence-corrected chi connectivity index (χ3v) is 6.01. The highest BCUT2D eigenvalue weighted by Crippen LogP contribution is 2.29. The Morgan fingerprint density at radius 1 is 1.24 bits per heavy atom. The van der Waals surface area contributed by atoms with E-state index >= 15 is 0 Å². The number of H-pyrrole nitrogens is 1. The summed E-state index contributed by atoms with van der Waals surface area (Å²) in [4.78, 5) is 48.3. The minimum atomic E-state index is -0.631. The molecule has 3 aromatic heterocycles. The van der Waals surface area contributed by atoms with Crippen molar-refractivity contribution in [3.8, 4) is 5.69 Å². The Kier molecular flexibility index (Phi) is 5.20. The number of piperidine rings is 1. The molecule has 1 aliphatic rings. The number of aromatic amines is 1. The minimum Gasteiger partial charge on any atom is -0.444 e. The van der Waals surface area contributed by atoms with Gasteiger partial charge in [-0.2, -0.15) is 4.98 Å². The molecule has 1 unspecified atom stereocenters. The number of aromatic nitrogens is 4. The lowest BCUT2D eigenvalue weighted by Crippen LogP contribution is -2.40. The number of furan rings is 1. The Morgan fingerprint density at radius 2 is 2.03 bits per heavy atom. The normalized spacial score (nSPS) is 16.4. The number of hydrogen-bond acceptors (Lipinski definition) is 7. The van der Waals surface area contributed by atoms with Gasteiger partial charge in [-0.3, -0.25) is 14.6 Å². The van der Waals surface area contributed by atoms with Gasteiger partial charge in [-0.1, -0.05) is 30.3 Å². The van der Waals surface area contributed by atoms with Crippen LogP contribution in [0.1, 0.15) is 53.5 Å². The molecule has 0 spiro atoms. The van der Waals surface area contributed by atoms with E-state index in [-0.39, 0.29) is 34.2 Å². The van der Waals surface area contributed by atoms with Crippen LogP contribution < -0.4 is 11.2 Å². The second-order valence-electron chi connectivity index (χ2n) is 8.13. The first kappa shape index (κ1) is 20.9. The van der Waals surface area contributed by atoms with Gasteiger partial charge in [0, 0.05) is 25.4 Å². The second kappa shape index (κ2) is 8.19. The van der Waals surface area contributed by atoms with Crippen molar-refractivity contribution in [1.29, 1.82) is 0 Å². The summed E-state index contributed by atoms with van der Waals surface area (Å²) in [6, 6.07) is 8.56. The molecule has 33 heavy (non-hydrogen) atoms. The zero-order chi connectivity index (χ0) is 23.1. The van der Waals surface area contributed by atoms with Crippen LogP contribution in [0.2, 0.25) is 0 Å². The van der Waals surface area contributed by atoms with Crippen LogP contribution >= 0.6 is 0 Å². The average Bonchev–Trinajstić information content (AvgIpc) is 3.43. The Bertz CT molecular complexity index is 1450. The van der Waals surface area contributed by atoms with Crippen molar-refractivity contribution in [2.45, 2.75) is 39.0 Å². The maximum Gasteiger partial charge on any atom is 0.335 e. The van der Waals surface area contributed by atoms with Gasteiger partial charge in [0.05, 0.1) is 11.3 Å². The molecule has 4 heterocycles. The Morgan fingerprint density at radius 3 is 2.76 bits per heavy atom. The zero-order valence-electron chi connectivity index (χ0n) is 18.3. The van der Waals surface area contributed by atoms with Crippen LogP contribution in [0.3, 0.4) is 0 Å². The third-order valence-electron chi connectivity index (χ3n) is 6.01. The van der Waals surface area contributed by atoms with E-state index in [1.54, 1.807) is 42.2 Å². The standard InChI is InChI=1S/C23H23N5O5/c1-3-16-24-19(26-33-16)14-8-7-11-27(12-14)21(29)17-13(2)32-20-18(17)22(30)28(23(31)25-20)15-9-5-4-6-10-15/h4-6,9-10,14H,3,7-8,11-12H2,1-2H3,(H,25,31). The van der Waals surface area contributed by atoms with Gasteiger partial charge in [0.1, 0.15) is 11.1 Å². The number of aryl methyl sites for hydroxylation is 2. The van der Waals surface area contributed by atoms with Gasteiger partial charge in [0.25, 0.3) is 11.5 Å². The fourth-order valence-electron chi connectivity index (χ4n) is 4.37. The summed E-state index contributed by atoms with van der Waals surface area (Å²) in [5, 5.41) is 4.13. The van der Waals surface area contributed by atoms with Crippen molar-refractivity contribution in [2.75, 3.05) is 13.1 Å². The first-order valence-corrected chi connectivity index (χ1v) is 10.9. The van der Waals surface area contributed by atoms with E-state index in [2.05, 4.69) is 15.1 Å². The van der Waals surface area contributed by atoms with Crippen molar-refractivity contribution < 1.29 is 13.7 Å². The number of nitrogens with zero attached hydrogens (tertiary/aromatic N) is 4. The molecule has 10 nitrogen and oxygen atoms in total. The summed E-state index contributed by atoms with van der Waals surface area (Å²) >= 11 is 0. The summed E-state index contributed by atoms with van der Waals surface area (Å²) in [5.74, 6) is 1.07. The lowest BCUT2D eigenvalue weighted by molar-refractivity contribution is 0.0703. The van der Waals surface area contributed by atoms with E-state index < -0.39 is 11.2 Å². The number of nitrogens with one attached hydrogen (secondary N) is 1. The minimum absolute atomic E-state index is 0.00246. The number of hydrogen-bond donors (Lipinski definition) is 1. The van der Waals surface area contributed by atoms with Crippen LogP contribution in [-0.4, -0.2) is 43.6 Å². The average molecular weight is 449 g/mol. The maximum absolute atomic E-state index is 13.6. The molecule has 170 valence electrons. The highest BCUT2D eigenvalue weighted by Gasteiger charge is 2.32. The Balaban J connectivity index is 1.55. The second-order valence-corrected chi connectivity index (χ2v) is 8.13. The number of fused-ring (bicyclic) bond motifs is 1. The SMILES string of the molecule is CCc1nc(C2CCCN(C(=O)c3c(C)oc4[nH]c(=O)n(-c5ccccc5)c(=O)c34)C2)no1. The van der Waals surface area contributed by atoms with Crippen molar-refractivity contribution in [2.24, 2.45) is 0 Å². The van der Waals surface area contributed by atoms with Crippen molar-refractivity contribution in [1.82, 2.24) is 24.6 Å². The molecule has 0 saturated carbocycles. The fourth-order valence-corrected chi connectivity index (χ4v) is 4.37. The molecular formula is C23H23N5O5. The molecule has 0 aliphatic carbocycles. The summed E-state index contributed by atoms with van der Waals surface area (Å²) in [5.41, 5.74) is -0.658. The molecule has 1 N–H and O–H groups in total. The topological polar surface area (TPSA) is 127 Å². The number of rotatable bonds is 4. The summed E-state index contributed by atoms with van der Waals surface area (Å²) in [7, 11) is 0. The van der Waals surface area contributed by atoms with Crippen molar-refractivity contribution in [3.05, 3.63) is 74.2 Å².